The van der Waals surface area contributed by atoms with Crippen LogP contribution in [0, 0.1) is 40.8 Å². The molecule has 0 heterocycles. The van der Waals surface area contributed by atoms with E-state index in [4.69, 9.17) is 18.9 Å². The topological polar surface area (TPSA) is 36.9 Å². The van der Waals surface area contributed by atoms with Gasteiger partial charge in [0, 0.05) is 34.4 Å². The van der Waals surface area contributed by atoms with E-state index in [-0.39, 0.29) is 47.0 Å². The summed E-state index contributed by atoms with van der Waals surface area (Å²) in [6.45, 7) is 6.85. The van der Waals surface area contributed by atoms with Crippen molar-refractivity contribution in [3.05, 3.63) is 95.6 Å². The van der Waals surface area contributed by atoms with E-state index >= 15 is 0 Å². The first kappa shape index (κ1) is 40.4. The maximum absolute atomic E-state index is 14.8. The lowest BCUT2D eigenvalue weighted by Crippen LogP contribution is -2.01. The summed E-state index contributed by atoms with van der Waals surface area (Å²) in [7, 11) is 0. The number of halogens is 6. The van der Waals surface area contributed by atoms with Crippen LogP contribution in [-0.4, -0.2) is 26.4 Å². The summed E-state index contributed by atoms with van der Waals surface area (Å²) in [5.41, 5.74) is -0.447. The van der Waals surface area contributed by atoms with Crippen molar-refractivity contribution in [2.45, 2.75) is 85.0 Å². The van der Waals surface area contributed by atoms with Gasteiger partial charge in [0.25, 0.3) is 0 Å². The molecule has 0 saturated heterocycles. The van der Waals surface area contributed by atoms with Gasteiger partial charge in [-0.25, -0.2) is 17.6 Å². The highest BCUT2D eigenvalue weighted by molar-refractivity contribution is 5.68. The Kier molecular flexibility index (Phi) is 16.0. The van der Waals surface area contributed by atoms with E-state index in [1.165, 1.54) is 48.5 Å². The maximum atomic E-state index is 14.8. The van der Waals surface area contributed by atoms with Crippen molar-refractivity contribution < 1.29 is 45.3 Å². The number of rotatable bonds is 22. The highest BCUT2D eigenvalue weighted by atomic mass is 19.2. The molecule has 10 heteroatoms. The monoisotopic (exact) mass is 730 g/mol. The minimum Gasteiger partial charge on any atom is -0.493 e. The van der Waals surface area contributed by atoms with Gasteiger partial charge < -0.3 is 18.9 Å². The number of unbranched alkanes of at least 4 members (excludes halogenated alkanes) is 6. The van der Waals surface area contributed by atoms with Gasteiger partial charge in [-0.1, -0.05) is 58.3 Å². The average Bonchev–Trinajstić information content (AvgIpc) is 3.12. The van der Waals surface area contributed by atoms with E-state index in [2.05, 4.69) is 6.92 Å². The molecule has 0 aromatic heterocycles. The summed E-state index contributed by atoms with van der Waals surface area (Å²) in [5.74, 6) is -5.09. The molecule has 0 fully saturated rings. The first-order valence-electron chi connectivity index (χ1n) is 18.2. The predicted octanol–water partition coefficient (Wildman–Crippen LogP) is 12.6. The molecule has 4 rings (SSSR count). The summed E-state index contributed by atoms with van der Waals surface area (Å²) in [6.07, 6.45) is 10.3. The lowest BCUT2D eigenvalue weighted by Gasteiger charge is -2.12. The Morgan fingerprint density at radius 3 is 1.21 bits per heavy atom. The summed E-state index contributed by atoms with van der Waals surface area (Å²) in [4.78, 5) is 0. The van der Waals surface area contributed by atoms with Crippen LogP contribution in [0.1, 0.15) is 85.0 Å². The molecule has 0 unspecified atom stereocenters. The SMILES string of the molecule is CCOc1ccc(-c2ccc(OCCCCCCC(C)CCCCCCOc3ccc(-c4ccc(OCC)c(F)c4F)c(F)c3)cc2F)c(F)c1F. The molecular formula is C42H48F6O4. The van der Waals surface area contributed by atoms with E-state index in [0.29, 0.717) is 30.6 Å². The molecular weight excluding hydrogens is 682 g/mol. The molecule has 0 N–H and O–H groups in total. The van der Waals surface area contributed by atoms with Crippen LogP contribution in [0.5, 0.6) is 23.0 Å². The van der Waals surface area contributed by atoms with Crippen LogP contribution in [0.25, 0.3) is 22.3 Å². The van der Waals surface area contributed by atoms with Gasteiger partial charge in [0.1, 0.15) is 23.1 Å². The van der Waals surface area contributed by atoms with Crippen molar-refractivity contribution in [2.75, 3.05) is 26.4 Å². The van der Waals surface area contributed by atoms with Gasteiger partial charge in [0.2, 0.25) is 11.6 Å². The molecule has 4 aromatic rings. The molecule has 4 aromatic carbocycles. The Balaban J connectivity index is 1.04. The second-order valence-electron chi connectivity index (χ2n) is 12.8. The molecule has 52 heavy (non-hydrogen) atoms. The average molecular weight is 731 g/mol. The lowest BCUT2D eigenvalue weighted by atomic mass is 9.96. The molecule has 0 radical (unpaired) electrons. The molecule has 282 valence electrons. The van der Waals surface area contributed by atoms with Crippen molar-refractivity contribution in [1.29, 1.82) is 0 Å². The number of ether oxygens (including phenoxy) is 4. The minimum atomic E-state index is -1.16. The predicted molar refractivity (Wildman–Crippen MR) is 192 cm³/mol. The van der Waals surface area contributed by atoms with Crippen LogP contribution in [0.4, 0.5) is 26.3 Å². The molecule has 0 aliphatic heterocycles. The van der Waals surface area contributed by atoms with Gasteiger partial charge in [-0.15, -0.1) is 0 Å². The Hall–Kier alpha value is -4.34. The Bertz CT molecular complexity index is 1600. The van der Waals surface area contributed by atoms with E-state index in [1.54, 1.807) is 26.0 Å². The van der Waals surface area contributed by atoms with Gasteiger partial charge in [0.05, 0.1) is 26.4 Å². The zero-order valence-electron chi connectivity index (χ0n) is 30.2. The van der Waals surface area contributed by atoms with Crippen LogP contribution in [0.2, 0.25) is 0 Å². The minimum absolute atomic E-state index is 0.0480. The summed E-state index contributed by atoms with van der Waals surface area (Å²) in [5, 5.41) is 0. The van der Waals surface area contributed by atoms with Crippen molar-refractivity contribution >= 4 is 0 Å². The van der Waals surface area contributed by atoms with Crippen molar-refractivity contribution in [2.24, 2.45) is 5.92 Å². The van der Waals surface area contributed by atoms with Crippen LogP contribution >= 0.6 is 0 Å². The highest BCUT2D eigenvalue weighted by Crippen LogP contribution is 2.34. The summed E-state index contributed by atoms with van der Waals surface area (Å²) >= 11 is 0. The van der Waals surface area contributed by atoms with Crippen molar-refractivity contribution in [3.63, 3.8) is 0 Å². The summed E-state index contributed by atoms with van der Waals surface area (Å²) < 4.78 is 109. The quantitative estimate of drug-likeness (QED) is 0.0596. The molecule has 0 bridgehead atoms. The standard InChI is InChI=1S/C42H48F6O4/c1-4-49-37-22-20-33(39(45)41(37)47)31-18-16-29(26-35(31)43)51-24-12-8-6-10-14-28(3)15-11-7-9-13-25-52-30-17-19-32(36(44)27-30)34-21-23-38(50-5-2)42(48)40(34)46/h16-23,26-28H,4-15,24-25H2,1-3H3. The number of hydrogen-bond donors (Lipinski definition) is 0. The Morgan fingerprint density at radius 1 is 0.442 bits per heavy atom. The maximum Gasteiger partial charge on any atom is 0.201 e. The zero-order chi connectivity index (χ0) is 37.5. The van der Waals surface area contributed by atoms with Gasteiger partial charge >= 0.3 is 0 Å². The van der Waals surface area contributed by atoms with Gasteiger partial charge in [-0.3, -0.25) is 0 Å². The van der Waals surface area contributed by atoms with Gasteiger partial charge in [0.15, 0.2) is 23.1 Å². The molecule has 0 amide bonds. The van der Waals surface area contributed by atoms with E-state index in [1.807, 2.05) is 0 Å². The fourth-order valence-electron chi connectivity index (χ4n) is 6.04. The van der Waals surface area contributed by atoms with Crippen molar-refractivity contribution in [3.8, 4) is 45.3 Å². The third-order valence-electron chi connectivity index (χ3n) is 8.87. The molecule has 0 saturated carbocycles. The zero-order valence-corrected chi connectivity index (χ0v) is 30.2. The van der Waals surface area contributed by atoms with Crippen LogP contribution in [0.15, 0.2) is 60.7 Å². The normalized spacial score (nSPS) is 11.3. The van der Waals surface area contributed by atoms with E-state index < -0.39 is 34.9 Å². The van der Waals surface area contributed by atoms with E-state index in [9.17, 15) is 26.3 Å². The second kappa shape index (κ2) is 20.6. The Morgan fingerprint density at radius 2 is 0.827 bits per heavy atom. The smallest absolute Gasteiger partial charge is 0.201 e. The van der Waals surface area contributed by atoms with Crippen LogP contribution < -0.4 is 18.9 Å². The van der Waals surface area contributed by atoms with Crippen molar-refractivity contribution in [1.82, 2.24) is 0 Å². The lowest BCUT2D eigenvalue weighted by molar-refractivity contribution is 0.300. The fourth-order valence-corrected chi connectivity index (χ4v) is 6.04. The highest BCUT2D eigenvalue weighted by Gasteiger charge is 2.20. The second-order valence-corrected chi connectivity index (χ2v) is 12.8. The number of hydrogen-bond acceptors (Lipinski definition) is 4. The largest absolute Gasteiger partial charge is 0.493 e. The van der Waals surface area contributed by atoms with Crippen LogP contribution in [0.3, 0.4) is 0 Å². The molecule has 0 aliphatic rings. The van der Waals surface area contributed by atoms with Gasteiger partial charge in [-0.05, 0) is 81.1 Å². The Labute approximate surface area is 303 Å². The molecule has 0 aliphatic carbocycles. The van der Waals surface area contributed by atoms with E-state index in [0.717, 1.165) is 64.2 Å². The molecule has 0 spiro atoms. The van der Waals surface area contributed by atoms with Gasteiger partial charge in [-0.2, -0.15) is 8.78 Å². The third-order valence-corrected chi connectivity index (χ3v) is 8.87. The first-order chi connectivity index (χ1) is 25.1. The molecule has 4 nitrogen and oxygen atoms in total. The summed E-state index contributed by atoms with van der Waals surface area (Å²) in [6, 6.07) is 13.5. The third kappa shape index (κ3) is 11.3. The van der Waals surface area contributed by atoms with Crippen LogP contribution in [-0.2, 0) is 0 Å². The molecule has 0 atom stereocenters. The fraction of sp³-hybridized carbons (Fsp3) is 0.429. The first-order valence-corrected chi connectivity index (χ1v) is 18.2. The number of benzene rings is 4.